The van der Waals surface area contributed by atoms with E-state index in [1.54, 1.807) is 12.1 Å². The molecule has 0 saturated carbocycles. The van der Waals surface area contributed by atoms with Crippen LogP contribution in [0.3, 0.4) is 0 Å². The zero-order valence-electron chi connectivity index (χ0n) is 10.8. The van der Waals surface area contributed by atoms with Gasteiger partial charge in [-0.2, -0.15) is 5.10 Å². The summed E-state index contributed by atoms with van der Waals surface area (Å²) < 4.78 is 1.20. The third-order valence-electron chi connectivity index (χ3n) is 2.63. The second kappa shape index (κ2) is 5.43. The molecule has 0 bridgehead atoms. The zero-order valence-corrected chi connectivity index (χ0v) is 10.8. The van der Waals surface area contributed by atoms with Gasteiger partial charge in [0.05, 0.1) is 5.69 Å². The molecule has 1 aromatic carbocycles. The molecule has 0 fully saturated rings. The molecule has 4 N–H and O–H groups in total. The van der Waals surface area contributed by atoms with Gasteiger partial charge in [0.2, 0.25) is 5.91 Å². The Labute approximate surface area is 115 Å². The van der Waals surface area contributed by atoms with Crippen molar-refractivity contribution >= 4 is 23.3 Å². The van der Waals surface area contributed by atoms with Gasteiger partial charge in [-0.3, -0.25) is 9.48 Å². The minimum Gasteiger partial charge on any atom is -0.476 e. The molecule has 0 aliphatic heterocycles. The van der Waals surface area contributed by atoms with Gasteiger partial charge in [-0.15, -0.1) is 0 Å². The lowest BCUT2D eigenvalue weighted by molar-refractivity contribution is -0.116. The lowest BCUT2D eigenvalue weighted by atomic mass is 10.2. The molecule has 1 aromatic heterocycles. The van der Waals surface area contributed by atoms with Crippen LogP contribution in [0.5, 0.6) is 0 Å². The highest BCUT2D eigenvalue weighted by molar-refractivity contribution is 5.92. The van der Waals surface area contributed by atoms with E-state index < -0.39 is 5.97 Å². The van der Waals surface area contributed by atoms with Crippen molar-refractivity contribution in [3.63, 3.8) is 0 Å². The molecule has 20 heavy (non-hydrogen) atoms. The molecule has 0 aliphatic carbocycles. The first-order valence-electron chi connectivity index (χ1n) is 5.88. The van der Waals surface area contributed by atoms with E-state index in [0.717, 1.165) is 5.56 Å². The van der Waals surface area contributed by atoms with Crippen LogP contribution in [0.15, 0.2) is 30.5 Å². The van der Waals surface area contributed by atoms with Crippen LogP contribution >= 0.6 is 0 Å². The highest BCUT2D eigenvalue weighted by Gasteiger charge is 2.14. The summed E-state index contributed by atoms with van der Waals surface area (Å²) in [6.07, 6.45) is 1.32. The van der Waals surface area contributed by atoms with Gasteiger partial charge < -0.3 is 16.2 Å². The molecule has 0 radical (unpaired) electrons. The Bertz CT molecular complexity index is 646. The number of nitrogen functional groups attached to an aromatic ring is 1. The highest BCUT2D eigenvalue weighted by Crippen LogP contribution is 2.10. The number of carbonyl (C=O) groups is 2. The third kappa shape index (κ3) is 3.14. The summed E-state index contributed by atoms with van der Waals surface area (Å²) in [5, 5.41) is 15.2. The fourth-order valence-electron chi connectivity index (χ4n) is 1.67. The summed E-state index contributed by atoms with van der Waals surface area (Å²) in [5.41, 5.74) is 7.02. The van der Waals surface area contributed by atoms with Crippen molar-refractivity contribution < 1.29 is 14.7 Å². The van der Waals surface area contributed by atoms with Crippen LogP contribution in [0.1, 0.15) is 16.1 Å². The minimum atomic E-state index is -1.22. The summed E-state index contributed by atoms with van der Waals surface area (Å²) in [6, 6.07) is 7.33. The number of anilines is 2. The van der Waals surface area contributed by atoms with Gasteiger partial charge in [0.25, 0.3) is 0 Å². The number of aromatic nitrogens is 2. The SMILES string of the molecule is Cc1ccc(NC(=O)Cn2cc(N)c(C(=O)O)n2)cc1. The van der Waals surface area contributed by atoms with Crippen LogP contribution in [-0.2, 0) is 11.3 Å². The minimum absolute atomic E-state index is 0.0284. The van der Waals surface area contributed by atoms with E-state index in [0.29, 0.717) is 5.69 Å². The molecule has 0 spiro atoms. The predicted molar refractivity (Wildman–Crippen MR) is 73.4 cm³/mol. The Kier molecular flexibility index (Phi) is 3.69. The number of hydrogen-bond acceptors (Lipinski definition) is 4. The largest absolute Gasteiger partial charge is 0.476 e. The number of benzene rings is 1. The molecule has 7 heteroatoms. The van der Waals surface area contributed by atoms with Gasteiger partial charge in [-0.05, 0) is 19.1 Å². The highest BCUT2D eigenvalue weighted by atomic mass is 16.4. The molecule has 104 valence electrons. The number of carboxylic acids is 1. The summed E-state index contributed by atoms with van der Waals surface area (Å²) in [7, 11) is 0. The Morgan fingerprint density at radius 1 is 1.35 bits per heavy atom. The Balaban J connectivity index is 2.03. The molecule has 1 heterocycles. The number of amides is 1. The van der Waals surface area contributed by atoms with E-state index in [2.05, 4.69) is 10.4 Å². The molecule has 1 amide bonds. The summed E-state index contributed by atoms with van der Waals surface area (Å²) in [5.74, 6) is -1.53. The van der Waals surface area contributed by atoms with Crippen molar-refractivity contribution in [3.8, 4) is 0 Å². The fourth-order valence-corrected chi connectivity index (χ4v) is 1.67. The molecule has 2 rings (SSSR count). The standard InChI is InChI=1S/C13H14N4O3/c1-8-2-4-9(5-3-8)15-11(18)7-17-6-10(14)12(16-17)13(19)20/h2-6H,7,14H2,1H3,(H,15,18)(H,19,20). The van der Waals surface area contributed by atoms with Crippen molar-refractivity contribution in [2.45, 2.75) is 13.5 Å². The number of hydrogen-bond donors (Lipinski definition) is 3. The van der Waals surface area contributed by atoms with E-state index in [1.165, 1.54) is 10.9 Å². The first-order chi connectivity index (χ1) is 9.45. The van der Waals surface area contributed by atoms with Gasteiger partial charge in [0.1, 0.15) is 6.54 Å². The molecule has 0 unspecified atom stereocenters. The molecule has 0 saturated heterocycles. The molecular formula is C13H14N4O3. The summed E-state index contributed by atoms with van der Waals surface area (Å²) in [6.45, 7) is 1.84. The maximum atomic E-state index is 11.8. The number of carbonyl (C=O) groups excluding carboxylic acids is 1. The fraction of sp³-hybridized carbons (Fsp3) is 0.154. The average molecular weight is 274 g/mol. The normalized spacial score (nSPS) is 10.2. The van der Waals surface area contributed by atoms with Gasteiger partial charge in [-0.25, -0.2) is 4.79 Å². The predicted octanol–water partition coefficient (Wildman–Crippen LogP) is 1.11. The Morgan fingerprint density at radius 3 is 2.55 bits per heavy atom. The molecular weight excluding hydrogens is 260 g/mol. The number of nitrogens with zero attached hydrogens (tertiary/aromatic N) is 2. The van der Waals surface area contributed by atoms with Crippen LogP contribution in [0.2, 0.25) is 0 Å². The second-order valence-corrected chi connectivity index (χ2v) is 4.35. The quantitative estimate of drug-likeness (QED) is 0.773. The maximum absolute atomic E-state index is 11.8. The molecule has 2 aromatic rings. The van der Waals surface area contributed by atoms with Crippen molar-refractivity contribution in [3.05, 3.63) is 41.7 Å². The lowest BCUT2D eigenvalue weighted by Crippen LogP contribution is -2.19. The summed E-state index contributed by atoms with van der Waals surface area (Å²) in [4.78, 5) is 22.6. The average Bonchev–Trinajstić information content (AvgIpc) is 2.73. The zero-order chi connectivity index (χ0) is 14.7. The van der Waals surface area contributed by atoms with E-state index in [1.807, 2.05) is 19.1 Å². The third-order valence-corrected chi connectivity index (χ3v) is 2.63. The van der Waals surface area contributed by atoms with Crippen LogP contribution in [-0.4, -0.2) is 26.8 Å². The van der Waals surface area contributed by atoms with Crippen LogP contribution in [0, 0.1) is 6.92 Å². The van der Waals surface area contributed by atoms with E-state index in [9.17, 15) is 9.59 Å². The van der Waals surface area contributed by atoms with E-state index in [-0.39, 0.29) is 23.8 Å². The van der Waals surface area contributed by atoms with Crippen molar-refractivity contribution in [2.24, 2.45) is 0 Å². The van der Waals surface area contributed by atoms with Gasteiger partial charge in [0.15, 0.2) is 5.69 Å². The topological polar surface area (TPSA) is 110 Å². The second-order valence-electron chi connectivity index (χ2n) is 4.35. The van der Waals surface area contributed by atoms with E-state index >= 15 is 0 Å². The molecule has 0 aliphatic rings. The monoisotopic (exact) mass is 274 g/mol. The smallest absolute Gasteiger partial charge is 0.358 e. The number of aryl methyl sites for hydroxylation is 1. The Morgan fingerprint density at radius 2 is 2.00 bits per heavy atom. The van der Waals surface area contributed by atoms with Crippen molar-refractivity contribution in [2.75, 3.05) is 11.1 Å². The lowest BCUT2D eigenvalue weighted by Gasteiger charge is -2.05. The van der Waals surface area contributed by atoms with Gasteiger partial charge >= 0.3 is 5.97 Å². The number of nitrogens with two attached hydrogens (primary N) is 1. The van der Waals surface area contributed by atoms with Crippen LogP contribution < -0.4 is 11.1 Å². The van der Waals surface area contributed by atoms with Gasteiger partial charge in [-0.1, -0.05) is 17.7 Å². The Hall–Kier alpha value is -2.83. The summed E-state index contributed by atoms with van der Waals surface area (Å²) >= 11 is 0. The molecule has 0 atom stereocenters. The van der Waals surface area contributed by atoms with E-state index in [4.69, 9.17) is 10.8 Å². The number of rotatable bonds is 4. The van der Waals surface area contributed by atoms with Gasteiger partial charge in [0, 0.05) is 11.9 Å². The number of carboxylic acid groups (broad SMARTS) is 1. The molecule has 7 nitrogen and oxygen atoms in total. The first kappa shape index (κ1) is 13.6. The van der Waals surface area contributed by atoms with Crippen LogP contribution in [0.25, 0.3) is 0 Å². The number of nitrogens with one attached hydrogen (secondary N) is 1. The van der Waals surface area contributed by atoms with Crippen molar-refractivity contribution in [1.82, 2.24) is 9.78 Å². The van der Waals surface area contributed by atoms with Crippen molar-refractivity contribution in [1.29, 1.82) is 0 Å². The number of aromatic carboxylic acids is 1. The first-order valence-corrected chi connectivity index (χ1v) is 5.88. The van der Waals surface area contributed by atoms with Crippen LogP contribution in [0.4, 0.5) is 11.4 Å². The maximum Gasteiger partial charge on any atom is 0.358 e.